The molecule has 0 saturated carbocycles. The van der Waals surface area contributed by atoms with Gasteiger partial charge in [0.1, 0.15) is 17.1 Å². The standard InChI is InChI=1S/C17H20O4.C6H6/c1-3-5-7-8-9-13-11-14(18)12-15(19)16(13)17(20)21-10-6-4-2;1-2-4-6-5-3-1/h4-5,7-9,11-12,18-19H,2-3,6,10H2,1H3;1-6H/b7-5+,9-8+;. The maximum Gasteiger partial charge on any atom is 0.342 e. The van der Waals surface area contributed by atoms with E-state index in [4.69, 9.17) is 4.74 Å². The third-order valence-electron chi connectivity index (χ3n) is 3.32. The molecule has 142 valence electrons. The fraction of sp³-hybridized carbons (Fsp3) is 0.174. The lowest BCUT2D eigenvalue weighted by Gasteiger charge is -2.09. The molecule has 0 aromatic heterocycles. The lowest BCUT2D eigenvalue weighted by atomic mass is 10.0. The normalized spacial score (nSPS) is 10.4. The Bertz CT molecular complexity index is 735. The van der Waals surface area contributed by atoms with E-state index in [1.165, 1.54) is 6.07 Å². The molecule has 0 heterocycles. The van der Waals surface area contributed by atoms with Crippen molar-refractivity contribution in [2.75, 3.05) is 6.61 Å². The van der Waals surface area contributed by atoms with Crippen molar-refractivity contribution in [1.82, 2.24) is 0 Å². The highest BCUT2D eigenvalue weighted by molar-refractivity contribution is 5.97. The van der Waals surface area contributed by atoms with Crippen molar-refractivity contribution in [2.45, 2.75) is 19.8 Å². The lowest BCUT2D eigenvalue weighted by molar-refractivity contribution is 0.0508. The number of phenols is 2. The number of carbonyl (C=O) groups excluding carboxylic acids is 1. The number of hydrogen-bond acceptors (Lipinski definition) is 4. The Morgan fingerprint density at radius 2 is 1.70 bits per heavy atom. The number of ether oxygens (including phenoxy) is 1. The van der Waals surface area contributed by atoms with Crippen LogP contribution < -0.4 is 0 Å². The van der Waals surface area contributed by atoms with Gasteiger partial charge in [0.2, 0.25) is 0 Å². The maximum absolute atomic E-state index is 12.0. The molecule has 0 atom stereocenters. The number of allylic oxidation sites excluding steroid dienone is 3. The Morgan fingerprint density at radius 3 is 2.26 bits per heavy atom. The van der Waals surface area contributed by atoms with Gasteiger partial charge in [-0.15, -0.1) is 6.58 Å². The molecule has 0 spiro atoms. The second kappa shape index (κ2) is 13.0. The highest BCUT2D eigenvalue weighted by atomic mass is 16.5. The van der Waals surface area contributed by atoms with Gasteiger partial charge in [0.05, 0.1) is 6.61 Å². The third kappa shape index (κ3) is 8.59. The first kappa shape index (κ1) is 21.8. The highest BCUT2D eigenvalue weighted by Gasteiger charge is 2.17. The predicted molar refractivity (Wildman–Crippen MR) is 110 cm³/mol. The third-order valence-corrected chi connectivity index (χ3v) is 3.32. The Kier molecular flexibility index (Phi) is 10.5. The molecule has 27 heavy (non-hydrogen) atoms. The van der Waals surface area contributed by atoms with E-state index in [0.29, 0.717) is 12.0 Å². The molecule has 2 aromatic rings. The SMILES string of the molecule is C=CCCOC(=O)c1c(O)cc(O)cc1/C=C/C=C/CC.c1ccccc1. The smallest absolute Gasteiger partial charge is 0.342 e. The predicted octanol–water partition coefficient (Wildman–Crippen LogP) is 5.50. The van der Waals surface area contributed by atoms with Crippen LogP contribution in [-0.4, -0.2) is 22.8 Å². The summed E-state index contributed by atoms with van der Waals surface area (Å²) in [5.74, 6) is -1.06. The first-order chi connectivity index (χ1) is 13.1. The van der Waals surface area contributed by atoms with Crippen LogP contribution in [0.25, 0.3) is 6.08 Å². The largest absolute Gasteiger partial charge is 0.508 e. The zero-order chi connectivity index (χ0) is 19.9. The van der Waals surface area contributed by atoms with Crippen LogP contribution in [-0.2, 0) is 4.74 Å². The number of benzene rings is 2. The van der Waals surface area contributed by atoms with Gasteiger partial charge in [-0.2, -0.15) is 0 Å². The zero-order valence-electron chi connectivity index (χ0n) is 15.5. The van der Waals surface area contributed by atoms with Gasteiger partial charge in [-0.05, 0) is 24.5 Å². The Balaban J connectivity index is 0.000000511. The molecule has 0 aliphatic carbocycles. The number of hydrogen-bond donors (Lipinski definition) is 2. The number of aromatic hydroxyl groups is 2. The molecule has 0 amide bonds. The monoisotopic (exact) mass is 366 g/mol. The van der Waals surface area contributed by atoms with Crippen LogP contribution in [0.2, 0.25) is 0 Å². The van der Waals surface area contributed by atoms with Crippen molar-refractivity contribution >= 4 is 12.0 Å². The van der Waals surface area contributed by atoms with E-state index in [0.717, 1.165) is 12.5 Å². The van der Waals surface area contributed by atoms with E-state index in [-0.39, 0.29) is 23.7 Å². The molecule has 0 aliphatic heterocycles. The Hall–Kier alpha value is -3.27. The summed E-state index contributed by atoms with van der Waals surface area (Å²) in [6.07, 6.45) is 10.2. The quantitative estimate of drug-likeness (QED) is 0.294. The molecule has 2 N–H and O–H groups in total. The number of carbonyl (C=O) groups is 1. The number of phenolic OH excluding ortho intramolecular Hbond substituents is 2. The van der Waals surface area contributed by atoms with Gasteiger partial charge >= 0.3 is 5.97 Å². The van der Waals surface area contributed by atoms with E-state index >= 15 is 0 Å². The molecule has 0 bridgehead atoms. The summed E-state index contributed by atoms with van der Waals surface area (Å²) in [5.41, 5.74) is 0.440. The van der Waals surface area contributed by atoms with Crippen LogP contribution in [0.4, 0.5) is 0 Å². The van der Waals surface area contributed by atoms with E-state index < -0.39 is 5.97 Å². The minimum absolute atomic E-state index is 0.0398. The maximum atomic E-state index is 12.0. The first-order valence-corrected chi connectivity index (χ1v) is 8.77. The summed E-state index contributed by atoms with van der Waals surface area (Å²) < 4.78 is 5.05. The summed E-state index contributed by atoms with van der Waals surface area (Å²) in [4.78, 5) is 12.0. The van der Waals surface area contributed by atoms with Crippen molar-refractivity contribution in [1.29, 1.82) is 0 Å². The minimum atomic E-state index is -0.631. The van der Waals surface area contributed by atoms with Gasteiger partial charge in [0.15, 0.2) is 0 Å². The topological polar surface area (TPSA) is 66.8 Å². The number of esters is 1. The molecule has 2 rings (SSSR count). The molecule has 0 saturated heterocycles. The fourth-order valence-corrected chi connectivity index (χ4v) is 2.05. The van der Waals surface area contributed by atoms with Gasteiger partial charge in [-0.3, -0.25) is 0 Å². The average molecular weight is 366 g/mol. The summed E-state index contributed by atoms with van der Waals surface area (Å²) in [5, 5.41) is 19.4. The van der Waals surface area contributed by atoms with Crippen LogP contribution in [0.5, 0.6) is 11.5 Å². The number of rotatable bonds is 7. The van der Waals surface area contributed by atoms with Gasteiger partial charge in [-0.25, -0.2) is 4.79 Å². The van der Waals surface area contributed by atoms with Crippen LogP contribution in [0.1, 0.15) is 35.7 Å². The van der Waals surface area contributed by atoms with E-state index in [9.17, 15) is 15.0 Å². The summed E-state index contributed by atoms with van der Waals surface area (Å²) in [6.45, 7) is 5.75. The highest BCUT2D eigenvalue weighted by Crippen LogP contribution is 2.29. The molecule has 4 nitrogen and oxygen atoms in total. The van der Waals surface area contributed by atoms with Gasteiger partial charge in [0, 0.05) is 6.07 Å². The summed E-state index contributed by atoms with van der Waals surface area (Å²) >= 11 is 0. The van der Waals surface area contributed by atoms with Crippen LogP contribution in [0.15, 0.2) is 79.4 Å². The van der Waals surface area contributed by atoms with Crippen LogP contribution >= 0.6 is 0 Å². The molecule has 0 aliphatic rings. The first-order valence-electron chi connectivity index (χ1n) is 8.77. The summed E-state index contributed by atoms with van der Waals surface area (Å²) in [7, 11) is 0. The Morgan fingerprint density at radius 1 is 1.07 bits per heavy atom. The van der Waals surface area contributed by atoms with Gasteiger partial charge < -0.3 is 14.9 Å². The van der Waals surface area contributed by atoms with Crippen LogP contribution in [0.3, 0.4) is 0 Å². The van der Waals surface area contributed by atoms with E-state index in [2.05, 4.69) is 6.58 Å². The minimum Gasteiger partial charge on any atom is -0.508 e. The molecular formula is C23H26O4. The van der Waals surface area contributed by atoms with Crippen molar-refractivity contribution in [3.8, 4) is 11.5 Å². The van der Waals surface area contributed by atoms with Crippen LogP contribution in [0, 0.1) is 0 Å². The van der Waals surface area contributed by atoms with Crippen molar-refractivity contribution in [3.63, 3.8) is 0 Å². The zero-order valence-corrected chi connectivity index (χ0v) is 15.5. The van der Waals surface area contributed by atoms with E-state index in [1.54, 1.807) is 18.2 Å². The summed E-state index contributed by atoms with van der Waals surface area (Å²) in [6, 6.07) is 14.5. The van der Waals surface area contributed by atoms with Gasteiger partial charge in [-0.1, -0.05) is 73.7 Å². The van der Waals surface area contributed by atoms with Crippen molar-refractivity contribution < 1.29 is 19.7 Å². The molecule has 4 heteroatoms. The lowest BCUT2D eigenvalue weighted by Crippen LogP contribution is -2.08. The van der Waals surface area contributed by atoms with E-state index in [1.807, 2.05) is 55.5 Å². The van der Waals surface area contributed by atoms with Crippen molar-refractivity contribution in [2.24, 2.45) is 0 Å². The molecule has 0 fully saturated rings. The average Bonchev–Trinajstić information content (AvgIpc) is 2.67. The second-order valence-electron chi connectivity index (χ2n) is 5.49. The Labute approximate surface area is 160 Å². The fourth-order valence-electron chi connectivity index (χ4n) is 2.05. The molecule has 0 radical (unpaired) electrons. The molecular weight excluding hydrogens is 340 g/mol. The molecule has 2 aromatic carbocycles. The van der Waals surface area contributed by atoms with Gasteiger partial charge in [0.25, 0.3) is 0 Å². The van der Waals surface area contributed by atoms with Crippen molar-refractivity contribution in [3.05, 3.63) is 90.5 Å². The molecule has 0 unspecified atom stereocenters. The second-order valence-corrected chi connectivity index (χ2v) is 5.49.